The highest BCUT2D eigenvalue weighted by Gasteiger charge is 2.24. The maximum absolute atomic E-state index is 13.2. The lowest BCUT2D eigenvalue weighted by atomic mass is 10.1. The van der Waals surface area contributed by atoms with E-state index in [9.17, 15) is 22.8 Å². The third-order valence-corrected chi connectivity index (χ3v) is 7.94. The molecule has 1 saturated carbocycles. The third-order valence-electron chi connectivity index (χ3n) is 6.51. The number of anilines is 1. The number of carbonyl (C=O) groups is 2. The minimum absolute atomic E-state index is 0.0850. The van der Waals surface area contributed by atoms with Gasteiger partial charge in [-0.1, -0.05) is 31.2 Å². The van der Waals surface area contributed by atoms with Crippen LogP contribution in [0.1, 0.15) is 46.0 Å². The molecular weight excluding hydrogens is 504 g/mol. The van der Waals surface area contributed by atoms with Crippen LogP contribution in [0.4, 0.5) is 5.69 Å². The first kappa shape index (κ1) is 25.3. The Morgan fingerprint density at radius 2 is 1.74 bits per heavy atom. The van der Waals surface area contributed by atoms with E-state index < -0.39 is 21.8 Å². The normalized spacial score (nSPS) is 13.3. The second kappa shape index (κ2) is 10.2. The van der Waals surface area contributed by atoms with Gasteiger partial charge in [0.1, 0.15) is 0 Å². The highest BCUT2D eigenvalue weighted by atomic mass is 32.2. The van der Waals surface area contributed by atoms with Crippen LogP contribution < -0.4 is 15.6 Å². The molecule has 0 saturated heterocycles. The highest BCUT2D eigenvalue weighted by molar-refractivity contribution is 7.90. The van der Waals surface area contributed by atoms with Crippen molar-refractivity contribution in [2.24, 2.45) is 5.92 Å². The van der Waals surface area contributed by atoms with Gasteiger partial charge in [-0.2, -0.15) is 0 Å². The molecule has 1 aromatic heterocycles. The summed E-state index contributed by atoms with van der Waals surface area (Å²) in [7, 11) is -4.18. The van der Waals surface area contributed by atoms with Gasteiger partial charge in [0.25, 0.3) is 27.4 Å². The smallest absolute Gasteiger partial charge is 0.264 e. The van der Waals surface area contributed by atoms with Crippen LogP contribution in [-0.4, -0.2) is 29.8 Å². The van der Waals surface area contributed by atoms with Crippen molar-refractivity contribution in [2.75, 3.05) is 5.32 Å². The molecule has 3 aromatic carbocycles. The van der Waals surface area contributed by atoms with Gasteiger partial charge in [-0.3, -0.25) is 19.0 Å². The number of carbonyl (C=O) groups excluding carboxylic acids is 2. The van der Waals surface area contributed by atoms with Gasteiger partial charge in [-0.25, -0.2) is 18.1 Å². The Hall–Kier alpha value is -4.31. The summed E-state index contributed by atoms with van der Waals surface area (Å²) in [5, 5.41) is 3.11. The average Bonchev–Trinajstić information content (AvgIpc) is 3.74. The van der Waals surface area contributed by atoms with E-state index in [1.54, 1.807) is 47.9 Å². The van der Waals surface area contributed by atoms with E-state index in [4.69, 9.17) is 0 Å². The van der Waals surface area contributed by atoms with E-state index in [-0.39, 0.29) is 21.6 Å². The van der Waals surface area contributed by atoms with Crippen molar-refractivity contribution in [2.45, 2.75) is 37.6 Å². The molecule has 2 amide bonds. The average molecular weight is 531 g/mol. The van der Waals surface area contributed by atoms with Crippen molar-refractivity contribution in [3.05, 3.63) is 100 Å². The molecule has 5 rings (SSSR count). The molecule has 10 heteroatoms. The van der Waals surface area contributed by atoms with Crippen LogP contribution in [-0.2, 0) is 23.0 Å². The van der Waals surface area contributed by atoms with E-state index in [2.05, 4.69) is 15.0 Å². The lowest BCUT2D eigenvalue weighted by molar-refractivity contribution is 0.0979. The maximum Gasteiger partial charge on any atom is 0.264 e. The summed E-state index contributed by atoms with van der Waals surface area (Å²) in [6, 6.07) is 17.3. The van der Waals surface area contributed by atoms with Gasteiger partial charge < -0.3 is 5.32 Å². The Labute approximate surface area is 219 Å². The molecule has 0 bridgehead atoms. The van der Waals surface area contributed by atoms with Crippen molar-refractivity contribution in [3.8, 4) is 0 Å². The van der Waals surface area contributed by atoms with E-state index >= 15 is 0 Å². The van der Waals surface area contributed by atoms with Crippen LogP contribution in [0.2, 0.25) is 0 Å². The SMILES string of the molecule is CCc1cc(C(=O)Nc2cccc3ncn(CC4CC4)c(=O)c23)ccc1S(=O)(=O)NC(=O)c1ccccc1. The Bertz CT molecular complexity index is 1710. The first-order valence-electron chi connectivity index (χ1n) is 12.3. The summed E-state index contributed by atoms with van der Waals surface area (Å²) in [5.41, 5.74) is 1.39. The number of hydrogen-bond acceptors (Lipinski definition) is 6. The molecule has 9 nitrogen and oxygen atoms in total. The Balaban J connectivity index is 1.41. The molecule has 1 heterocycles. The van der Waals surface area contributed by atoms with Gasteiger partial charge in [0.15, 0.2) is 0 Å². The van der Waals surface area contributed by atoms with Crippen molar-refractivity contribution >= 4 is 38.4 Å². The standard InChI is InChI=1S/C28H26N4O5S/c1-2-19-15-21(13-14-24(19)38(36,37)31-27(34)20-7-4-3-5-8-20)26(33)30-23-10-6-9-22-25(23)28(35)32(17-29-22)16-18-11-12-18/h3-10,13-15,17-18H,2,11-12,16H2,1H3,(H,30,33)(H,31,34). The molecule has 4 aromatic rings. The lowest BCUT2D eigenvalue weighted by Gasteiger charge is -2.13. The van der Waals surface area contributed by atoms with Crippen LogP contribution in [0.5, 0.6) is 0 Å². The summed E-state index contributed by atoms with van der Waals surface area (Å²) < 4.78 is 29.6. The fraction of sp³-hybridized carbons (Fsp3) is 0.214. The molecule has 0 atom stereocenters. The maximum atomic E-state index is 13.2. The quantitative estimate of drug-likeness (QED) is 0.357. The van der Waals surface area contributed by atoms with Crippen LogP contribution in [0.15, 0.2) is 82.7 Å². The van der Waals surface area contributed by atoms with Crippen molar-refractivity contribution in [1.82, 2.24) is 14.3 Å². The van der Waals surface area contributed by atoms with Gasteiger partial charge in [0.05, 0.1) is 27.8 Å². The number of sulfonamides is 1. The fourth-order valence-corrected chi connectivity index (χ4v) is 5.56. The summed E-state index contributed by atoms with van der Waals surface area (Å²) >= 11 is 0. The minimum Gasteiger partial charge on any atom is -0.321 e. The number of fused-ring (bicyclic) bond motifs is 1. The first-order valence-corrected chi connectivity index (χ1v) is 13.8. The molecule has 0 spiro atoms. The molecule has 1 aliphatic rings. The number of nitrogens with one attached hydrogen (secondary N) is 2. The van der Waals surface area contributed by atoms with E-state index in [0.717, 1.165) is 12.8 Å². The largest absolute Gasteiger partial charge is 0.321 e. The zero-order valence-corrected chi connectivity index (χ0v) is 21.5. The van der Waals surface area contributed by atoms with Crippen molar-refractivity contribution in [3.63, 3.8) is 0 Å². The van der Waals surface area contributed by atoms with Crippen LogP contribution in [0.25, 0.3) is 10.9 Å². The first-order chi connectivity index (χ1) is 18.3. The Morgan fingerprint density at radius 3 is 2.45 bits per heavy atom. The number of aryl methyl sites for hydroxylation is 1. The molecule has 1 aliphatic carbocycles. The van der Waals surface area contributed by atoms with Gasteiger partial charge in [-0.15, -0.1) is 0 Å². The monoisotopic (exact) mass is 530 g/mol. The van der Waals surface area contributed by atoms with Gasteiger partial charge in [0.2, 0.25) is 0 Å². The number of aromatic nitrogens is 2. The number of hydrogen-bond donors (Lipinski definition) is 2. The number of rotatable bonds is 8. The molecule has 38 heavy (non-hydrogen) atoms. The molecular formula is C28H26N4O5S. The zero-order chi connectivity index (χ0) is 26.9. The molecule has 1 fully saturated rings. The van der Waals surface area contributed by atoms with Crippen LogP contribution in [0.3, 0.4) is 0 Å². The predicted molar refractivity (Wildman–Crippen MR) is 144 cm³/mol. The van der Waals surface area contributed by atoms with Crippen molar-refractivity contribution < 1.29 is 18.0 Å². The second-order valence-electron chi connectivity index (χ2n) is 9.28. The topological polar surface area (TPSA) is 127 Å². The van der Waals surface area contributed by atoms with E-state index in [1.165, 1.54) is 36.7 Å². The van der Waals surface area contributed by atoms with E-state index in [1.807, 2.05) is 0 Å². The molecule has 0 aliphatic heterocycles. The molecule has 2 N–H and O–H groups in total. The summed E-state index contributed by atoms with van der Waals surface area (Å²) in [6.45, 7) is 2.36. The predicted octanol–water partition coefficient (Wildman–Crippen LogP) is 3.74. The Kier molecular flexibility index (Phi) is 6.81. The molecule has 0 radical (unpaired) electrons. The Morgan fingerprint density at radius 1 is 0.974 bits per heavy atom. The van der Waals surface area contributed by atoms with Gasteiger partial charge >= 0.3 is 0 Å². The lowest BCUT2D eigenvalue weighted by Crippen LogP contribution is -2.31. The highest BCUT2D eigenvalue weighted by Crippen LogP contribution is 2.30. The second-order valence-corrected chi connectivity index (χ2v) is 10.9. The fourth-order valence-electron chi connectivity index (χ4n) is 4.29. The van der Waals surface area contributed by atoms with Crippen LogP contribution >= 0.6 is 0 Å². The van der Waals surface area contributed by atoms with Crippen LogP contribution in [0, 0.1) is 5.92 Å². The van der Waals surface area contributed by atoms with Gasteiger partial charge in [0, 0.05) is 17.7 Å². The zero-order valence-electron chi connectivity index (χ0n) is 20.7. The summed E-state index contributed by atoms with van der Waals surface area (Å²) in [5.74, 6) is -0.763. The molecule has 194 valence electrons. The van der Waals surface area contributed by atoms with Gasteiger partial charge in [-0.05, 0) is 73.2 Å². The number of benzene rings is 3. The van der Waals surface area contributed by atoms with E-state index in [0.29, 0.717) is 41.0 Å². The number of nitrogens with zero attached hydrogens (tertiary/aromatic N) is 2. The number of amides is 2. The van der Waals surface area contributed by atoms with Crippen molar-refractivity contribution in [1.29, 1.82) is 0 Å². The third kappa shape index (κ3) is 5.21. The minimum atomic E-state index is -4.18. The summed E-state index contributed by atoms with van der Waals surface area (Å²) in [4.78, 5) is 43.1. The molecule has 0 unspecified atom stereocenters. The summed E-state index contributed by atoms with van der Waals surface area (Å²) in [6.07, 6.45) is 4.02.